The van der Waals surface area contributed by atoms with Crippen molar-refractivity contribution in [1.29, 1.82) is 0 Å². The molecule has 1 aromatic heterocycles. The van der Waals surface area contributed by atoms with Crippen molar-refractivity contribution in [2.45, 2.75) is 70.4 Å². The first-order valence-electron chi connectivity index (χ1n) is 14.0. The summed E-state index contributed by atoms with van der Waals surface area (Å²) in [6, 6.07) is 20.0. The zero-order valence-corrected chi connectivity index (χ0v) is 22.9. The minimum Gasteiger partial charge on any atom is -0.338 e. The van der Waals surface area contributed by atoms with Gasteiger partial charge in [0.05, 0.1) is 11.7 Å². The zero-order valence-electron chi connectivity index (χ0n) is 22.2. The number of hydrogen-bond acceptors (Lipinski definition) is 3. The number of piperidine rings is 1. The molecular weight excluding hydrogens is 496 g/mol. The van der Waals surface area contributed by atoms with Gasteiger partial charge in [-0.25, -0.2) is 0 Å². The summed E-state index contributed by atoms with van der Waals surface area (Å²) in [6.45, 7) is 3.59. The third-order valence-electron chi connectivity index (χ3n) is 7.89. The van der Waals surface area contributed by atoms with Crippen LogP contribution in [0.4, 0.5) is 0 Å². The molecule has 1 fully saturated rings. The third-order valence-corrected chi connectivity index (χ3v) is 8.14. The van der Waals surface area contributed by atoms with Gasteiger partial charge in [-0.1, -0.05) is 80.3 Å². The molecule has 6 nitrogen and oxygen atoms in total. The second-order valence-corrected chi connectivity index (χ2v) is 11.1. The molecule has 0 bridgehead atoms. The SMILES string of the molecule is CCCCCC1CN(CC(=O)N2CCCCC2Cc2ccccc2)C(=O)c2cc(-c3ccc(Cl)cc3)nn21. The molecule has 200 valence electrons. The van der Waals surface area contributed by atoms with E-state index < -0.39 is 0 Å². The fourth-order valence-electron chi connectivity index (χ4n) is 5.83. The highest BCUT2D eigenvalue weighted by molar-refractivity contribution is 6.30. The van der Waals surface area contributed by atoms with E-state index in [9.17, 15) is 9.59 Å². The number of hydrogen-bond donors (Lipinski definition) is 0. The lowest BCUT2D eigenvalue weighted by Gasteiger charge is -2.39. The lowest BCUT2D eigenvalue weighted by Crippen LogP contribution is -2.52. The summed E-state index contributed by atoms with van der Waals surface area (Å²) in [5.41, 5.74) is 3.50. The fraction of sp³-hybridized carbons (Fsp3) is 0.452. The molecule has 0 spiro atoms. The van der Waals surface area contributed by atoms with E-state index >= 15 is 0 Å². The minimum atomic E-state index is -0.116. The maximum Gasteiger partial charge on any atom is 0.272 e. The molecule has 0 saturated carbocycles. The topological polar surface area (TPSA) is 58.4 Å². The Kier molecular flexibility index (Phi) is 8.48. The van der Waals surface area contributed by atoms with Gasteiger partial charge >= 0.3 is 0 Å². The van der Waals surface area contributed by atoms with Gasteiger partial charge in [0.15, 0.2) is 0 Å². The first-order chi connectivity index (χ1) is 18.5. The lowest BCUT2D eigenvalue weighted by molar-refractivity contribution is -0.135. The first kappa shape index (κ1) is 26.5. The number of likely N-dealkylation sites (tertiary alicyclic amines) is 1. The van der Waals surface area contributed by atoms with Gasteiger partial charge in [0, 0.05) is 29.7 Å². The number of benzene rings is 2. The average molecular weight is 533 g/mol. The highest BCUT2D eigenvalue weighted by Gasteiger charge is 2.36. The molecule has 2 unspecified atom stereocenters. The Morgan fingerprint density at radius 2 is 1.82 bits per heavy atom. The van der Waals surface area contributed by atoms with E-state index in [1.807, 2.05) is 46.0 Å². The number of carbonyl (C=O) groups is 2. The van der Waals surface area contributed by atoms with Crippen LogP contribution in [0, 0.1) is 0 Å². The van der Waals surface area contributed by atoms with Crippen molar-refractivity contribution in [3.8, 4) is 11.3 Å². The number of rotatable bonds is 9. The van der Waals surface area contributed by atoms with Crippen LogP contribution in [0.3, 0.4) is 0 Å². The van der Waals surface area contributed by atoms with Crippen LogP contribution in [0.2, 0.25) is 5.02 Å². The minimum absolute atomic E-state index is 0.0529. The molecule has 7 heteroatoms. The predicted molar refractivity (Wildman–Crippen MR) is 151 cm³/mol. The Balaban J connectivity index is 1.35. The second-order valence-electron chi connectivity index (χ2n) is 10.6. The van der Waals surface area contributed by atoms with Crippen molar-refractivity contribution in [3.63, 3.8) is 0 Å². The van der Waals surface area contributed by atoms with Crippen LogP contribution in [-0.2, 0) is 11.2 Å². The molecule has 2 aliphatic heterocycles. The Bertz CT molecular complexity index is 1240. The first-order valence-corrected chi connectivity index (χ1v) is 14.4. The smallest absolute Gasteiger partial charge is 0.272 e. The van der Waals surface area contributed by atoms with Crippen LogP contribution < -0.4 is 0 Å². The maximum absolute atomic E-state index is 13.7. The number of amides is 2. The van der Waals surface area contributed by atoms with Crippen molar-refractivity contribution in [1.82, 2.24) is 19.6 Å². The molecule has 2 aromatic carbocycles. The summed E-state index contributed by atoms with van der Waals surface area (Å²) >= 11 is 6.08. The van der Waals surface area contributed by atoms with Crippen LogP contribution >= 0.6 is 11.6 Å². The van der Waals surface area contributed by atoms with E-state index in [1.54, 1.807) is 4.90 Å². The molecule has 0 N–H and O–H groups in total. The van der Waals surface area contributed by atoms with E-state index in [0.29, 0.717) is 17.3 Å². The Morgan fingerprint density at radius 1 is 1.03 bits per heavy atom. The number of fused-ring (bicyclic) bond motifs is 1. The Morgan fingerprint density at radius 3 is 2.58 bits per heavy atom. The molecule has 1 saturated heterocycles. The normalized spacial score (nSPS) is 19.5. The number of carbonyl (C=O) groups excluding carboxylic acids is 2. The Hall–Kier alpha value is -3.12. The number of nitrogens with zero attached hydrogens (tertiary/aromatic N) is 4. The third kappa shape index (κ3) is 5.96. The molecule has 2 atom stereocenters. The largest absolute Gasteiger partial charge is 0.338 e. The molecule has 3 aromatic rings. The number of unbranched alkanes of at least 4 members (excludes halogenated alkanes) is 2. The van der Waals surface area contributed by atoms with Gasteiger partial charge in [0.2, 0.25) is 5.91 Å². The molecule has 3 heterocycles. The molecule has 2 aliphatic rings. The second kappa shape index (κ2) is 12.2. The molecule has 0 aliphatic carbocycles. The maximum atomic E-state index is 13.7. The number of halogens is 1. The predicted octanol–water partition coefficient (Wildman–Crippen LogP) is 6.40. The number of aromatic nitrogens is 2. The summed E-state index contributed by atoms with van der Waals surface area (Å²) in [7, 11) is 0. The highest BCUT2D eigenvalue weighted by Crippen LogP contribution is 2.30. The lowest BCUT2D eigenvalue weighted by atomic mass is 9.95. The zero-order chi connectivity index (χ0) is 26.5. The summed E-state index contributed by atoms with van der Waals surface area (Å²) in [6.07, 6.45) is 8.28. The molecule has 38 heavy (non-hydrogen) atoms. The summed E-state index contributed by atoms with van der Waals surface area (Å²) in [5.74, 6) is -0.0633. The van der Waals surface area contributed by atoms with Crippen molar-refractivity contribution < 1.29 is 9.59 Å². The van der Waals surface area contributed by atoms with E-state index in [1.165, 1.54) is 5.56 Å². The van der Waals surface area contributed by atoms with Crippen LogP contribution in [0.25, 0.3) is 11.3 Å². The van der Waals surface area contributed by atoms with Crippen molar-refractivity contribution in [2.75, 3.05) is 19.6 Å². The van der Waals surface area contributed by atoms with E-state index in [4.69, 9.17) is 16.7 Å². The van der Waals surface area contributed by atoms with Crippen LogP contribution in [0.15, 0.2) is 60.7 Å². The van der Waals surface area contributed by atoms with Crippen molar-refractivity contribution in [2.24, 2.45) is 0 Å². The summed E-state index contributed by atoms with van der Waals surface area (Å²) < 4.78 is 1.90. The van der Waals surface area contributed by atoms with E-state index in [2.05, 4.69) is 31.2 Å². The van der Waals surface area contributed by atoms with Crippen molar-refractivity contribution in [3.05, 3.63) is 76.9 Å². The Labute approximate surface area is 230 Å². The van der Waals surface area contributed by atoms with Gasteiger partial charge in [-0.2, -0.15) is 5.10 Å². The molecule has 2 amide bonds. The van der Waals surface area contributed by atoms with Gasteiger partial charge in [-0.05, 0) is 55.9 Å². The standard InChI is InChI=1S/C31H37ClN4O2/c1-2-3-5-13-27-21-34(31(38)29-20-28(33-36(27)29)24-14-16-25(32)17-15-24)22-30(37)35-18-9-8-12-26(35)19-23-10-6-4-7-11-23/h4,6-7,10-11,14-17,20,26-27H,2-3,5,8-9,12-13,18-19,21-22H2,1H3. The fourth-order valence-corrected chi connectivity index (χ4v) is 5.96. The van der Waals surface area contributed by atoms with Gasteiger partial charge in [-0.15, -0.1) is 0 Å². The quantitative estimate of drug-likeness (QED) is 0.299. The van der Waals surface area contributed by atoms with Gasteiger partial charge in [0.1, 0.15) is 12.2 Å². The highest BCUT2D eigenvalue weighted by atomic mass is 35.5. The van der Waals surface area contributed by atoms with E-state index in [-0.39, 0.29) is 30.4 Å². The van der Waals surface area contributed by atoms with Crippen molar-refractivity contribution >= 4 is 23.4 Å². The van der Waals surface area contributed by atoms with Crippen LogP contribution in [0.5, 0.6) is 0 Å². The van der Waals surface area contributed by atoms with Gasteiger partial charge in [-0.3, -0.25) is 14.3 Å². The monoisotopic (exact) mass is 532 g/mol. The molecule has 5 rings (SSSR count). The van der Waals surface area contributed by atoms with Gasteiger partial charge in [0.25, 0.3) is 5.91 Å². The average Bonchev–Trinajstić information content (AvgIpc) is 3.39. The van der Waals surface area contributed by atoms with Crippen LogP contribution in [0.1, 0.15) is 74.0 Å². The van der Waals surface area contributed by atoms with E-state index in [0.717, 1.165) is 69.2 Å². The summed E-state index contributed by atoms with van der Waals surface area (Å²) in [5, 5.41) is 5.52. The summed E-state index contributed by atoms with van der Waals surface area (Å²) in [4.78, 5) is 31.1. The molecular formula is C31H37ClN4O2. The molecule has 0 radical (unpaired) electrons. The van der Waals surface area contributed by atoms with Crippen LogP contribution in [-0.4, -0.2) is 57.1 Å². The van der Waals surface area contributed by atoms with Gasteiger partial charge < -0.3 is 9.80 Å².